The highest BCUT2D eigenvalue weighted by molar-refractivity contribution is 7.08. The van der Waals surface area contributed by atoms with E-state index in [1.165, 1.54) is 22.3 Å². The smallest absolute Gasteiger partial charge is 0.0449 e. The van der Waals surface area contributed by atoms with Crippen molar-refractivity contribution in [3.05, 3.63) is 57.3 Å². The molecule has 2 N–H and O–H groups in total. The molecule has 100 valence electrons. The third kappa shape index (κ3) is 2.89. The third-order valence-corrected chi connectivity index (χ3v) is 4.75. The lowest BCUT2D eigenvalue weighted by molar-refractivity contribution is 0.468. The zero-order chi connectivity index (χ0) is 13.1. The molecule has 1 unspecified atom stereocenters. The van der Waals surface area contributed by atoms with Crippen molar-refractivity contribution in [2.75, 3.05) is 13.1 Å². The van der Waals surface area contributed by atoms with Gasteiger partial charge in [-0.1, -0.05) is 24.3 Å². The second-order valence-corrected chi connectivity index (χ2v) is 5.91. The van der Waals surface area contributed by atoms with Crippen LogP contribution in [0.4, 0.5) is 0 Å². The first-order valence-corrected chi connectivity index (χ1v) is 7.82. The fourth-order valence-corrected chi connectivity index (χ4v) is 3.55. The summed E-state index contributed by atoms with van der Waals surface area (Å²) in [6.45, 7) is 5.23. The van der Waals surface area contributed by atoms with Crippen LogP contribution in [-0.2, 0) is 13.0 Å². The molecule has 0 saturated heterocycles. The summed E-state index contributed by atoms with van der Waals surface area (Å²) in [5.74, 6) is 0. The van der Waals surface area contributed by atoms with E-state index in [-0.39, 0.29) is 0 Å². The van der Waals surface area contributed by atoms with E-state index >= 15 is 0 Å². The molecule has 0 bridgehead atoms. The van der Waals surface area contributed by atoms with Gasteiger partial charge in [0.15, 0.2) is 0 Å². The summed E-state index contributed by atoms with van der Waals surface area (Å²) in [4.78, 5) is 0. The van der Waals surface area contributed by atoms with Crippen LogP contribution in [0.1, 0.15) is 28.3 Å². The Kier molecular flexibility index (Phi) is 3.97. The van der Waals surface area contributed by atoms with Gasteiger partial charge in [0.2, 0.25) is 0 Å². The SMILES string of the molecule is Cc1cscc1CNCC1NCCc2ccccc21. The number of fused-ring (bicyclic) bond motifs is 1. The molecule has 1 aromatic carbocycles. The van der Waals surface area contributed by atoms with Gasteiger partial charge >= 0.3 is 0 Å². The van der Waals surface area contributed by atoms with Crippen LogP contribution in [0.15, 0.2) is 35.0 Å². The van der Waals surface area contributed by atoms with E-state index in [2.05, 4.69) is 52.6 Å². The maximum absolute atomic E-state index is 3.61. The van der Waals surface area contributed by atoms with Gasteiger partial charge < -0.3 is 10.6 Å². The van der Waals surface area contributed by atoms with Crippen LogP contribution >= 0.6 is 11.3 Å². The van der Waals surface area contributed by atoms with Crippen LogP contribution in [0.3, 0.4) is 0 Å². The van der Waals surface area contributed by atoms with Crippen LogP contribution in [0, 0.1) is 6.92 Å². The Morgan fingerprint density at radius 3 is 3.05 bits per heavy atom. The standard InChI is InChI=1S/C16H20N2S/c1-12-10-19-11-14(12)8-17-9-16-15-5-3-2-4-13(15)6-7-18-16/h2-5,10-11,16-18H,6-9H2,1H3. The minimum Gasteiger partial charge on any atom is -0.311 e. The highest BCUT2D eigenvalue weighted by atomic mass is 32.1. The predicted octanol–water partition coefficient (Wildman–Crippen LogP) is 3.03. The molecule has 2 nitrogen and oxygen atoms in total. The lowest BCUT2D eigenvalue weighted by Gasteiger charge is -2.27. The molecule has 1 atom stereocenters. The lowest BCUT2D eigenvalue weighted by Crippen LogP contribution is -2.36. The molecule has 0 aliphatic carbocycles. The third-order valence-electron chi connectivity index (χ3n) is 3.84. The van der Waals surface area contributed by atoms with Crippen molar-refractivity contribution in [2.45, 2.75) is 25.9 Å². The molecule has 0 saturated carbocycles. The van der Waals surface area contributed by atoms with Gasteiger partial charge in [-0.25, -0.2) is 0 Å². The maximum atomic E-state index is 3.61. The molecule has 1 aliphatic rings. The average Bonchev–Trinajstić information content (AvgIpc) is 2.85. The molecule has 3 rings (SSSR count). The van der Waals surface area contributed by atoms with E-state index in [0.29, 0.717) is 6.04 Å². The van der Waals surface area contributed by atoms with E-state index in [1.54, 1.807) is 11.3 Å². The summed E-state index contributed by atoms with van der Waals surface area (Å²) in [5.41, 5.74) is 5.78. The zero-order valence-electron chi connectivity index (χ0n) is 11.3. The minimum atomic E-state index is 0.448. The molecule has 2 aromatic rings. The Morgan fingerprint density at radius 1 is 1.32 bits per heavy atom. The average molecular weight is 272 g/mol. The molecule has 19 heavy (non-hydrogen) atoms. The van der Waals surface area contributed by atoms with Gasteiger partial charge in [0.05, 0.1) is 0 Å². The van der Waals surface area contributed by atoms with Crippen molar-refractivity contribution >= 4 is 11.3 Å². The Morgan fingerprint density at radius 2 is 2.21 bits per heavy atom. The molecule has 0 fully saturated rings. The Hall–Kier alpha value is -1.16. The monoisotopic (exact) mass is 272 g/mol. The van der Waals surface area contributed by atoms with Crippen LogP contribution in [0.2, 0.25) is 0 Å². The van der Waals surface area contributed by atoms with Crippen LogP contribution in [-0.4, -0.2) is 13.1 Å². The fourth-order valence-electron chi connectivity index (χ4n) is 2.69. The molecule has 0 radical (unpaired) electrons. The van der Waals surface area contributed by atoms with Gasteiger partial charge in [-0.15, -0.1) is 0 Å². The summed E-state index contributed by atoms with van der Waals surface area (Å²) in [5, 5.41) is 11.6. The normalized spacial score (nSPS) is 18.3. The number of thiophene rings is 1. The van der Waals surface area contributed by atoms with Crippen LogP contribution in [0.25, 0.3) is 0 Å². The summed E-state index contributed by atoms with van der Waals surface area (Å²) in [6, 6.07) is 9.24. The summed E-state index contributed by atoms with van der Waals surface area (Å²) in [7, 11) is 0. The molecule has 1 aliphatic heterocycles. The molecular formula is C16H20N2S. The topological polar surface area (TPSA) is 24.1 Å². The number of nitrogens with one attached hydrogen (secondary N) is 2. The summed E-state index contributed by atoms with van der Waals surface area (Å²) in [6.07, 6.45) is 1.15. The van der Waals surface area contributed by atoms with Gasteiger partial charge in [0.25, 0.3) is 0 Å². The van der Waals surface area contributed by atoms with E-state index < -0.39 is 0 Å². The molecule has 0 amide bonds. The van der Waals surface area contributed by atoms with Gasteiger partial charge in [-0.3, -0.25) is 0 Å². The Balaban J connectivity index is 1.61. The highest BCUT2D eigenvalue weighted by Crippen LogP contribution is 2.22. The van der Waals surface area contributed by atoms with Crippen molar-refractivity contribution in [2.24, 2.45) is 0 Å². The second kappa shape index (κ2) is 5.87. The Labute approximate surface area is 118 Å². The molecule has 3 heteroatoms. The highest BCUT2D eigenvalue weighted by Gasteiger charge is 2.18. The van der Waals surface area contributed by atoms with Crippen LogP contribution in [0.5, 0.6) is 0 Å². The number of hydrogen-bond acceptors (Lipinski definition) is 3. The quantitative estimate of drug-likeness (QED) is 0.894. The predicted molar refractivity (Wildman–Crippen MR) is 81.7 cm³/mol. The number of benzene rings is 1. The molecule has 1 aromatic heterocycles. The van der Waals surface area contributed by atoms with Gasteiger partial charge in [0.1, 0.15) is 0 Å². The molecule has 2 heterocycles. The van der Waals surface area contributed by atoms with E-state index in [0.717, 1.165) is 26.1 Å². The van der Waals surface area contributed by atoms with E-state index in [4.69, 9.17) is 0 Å². The second-order valence-electron chi connectivity index (χ2n) is 5.17. The van der Waals surface area contributed by atoms with E-state index in [1.807, 2.05) is 0 Å². The first-order valence-electron chi connectivity index (χ1n) is 6.88. The van der Waals surface area contributed by atoms with Crippen molar-refractivity contribution in [1.29, 1.82) is 0 Å². The zero-order valence-corrected chi connectivity index (χ0v) is 12.1. The van der Waals surface area contributed by atoms with Crippen molar-refractivity contribution < 1.29 is 0 Å². The maximum Gasteiger partial charge on any atom is 0.0449 e. The fraction of sp³-hybridized carbons (Fsp3) is 0.375. The number of hydrogen-bond donors (Lipinski definition) is 2. The Bertz CT molecular complexity index is 547. The van der Waals surface area contributed by atoms with E-state index in [9.17, 15) is 0 Å². The molecule has 0 spiro atoms. The largest absolute Gasteiger partial charge is 0.311 e. The van der Waals surface area contributed by atoms with Crippen LogP contribution < -0.4 is 10.6 Å². The number of aryl methyl sites for hydroxylation is 1. The first-order chi connectivity index (χ1) is 9.34. The summed E-state index contributed by atoms with van der Waals surface area (Å²) < 4.78 is 0. The molecular weight excluding hydrogens is 252 g/mol. The van der Waals surface area contributed by atoms with Crippen molar-refractivity contribution in [3.63, 3.8) is 0 Å². The number of rotatable bonds is 4. The first kappa shape index (κ1) is 12.9. The minimum absolute atomic E-state index is 0.448. The van der Waals surface area contributed by atoms with Gasteiger partial charge in [0, 0.05) is 19.1 Å². The lowest BCUT2D eigenvalue weighted by atomic mass is 9.94. The van der Waals surface area contributed by atoms with Gasteiger partial charge in [-0.2, -0.15) is 11.3 Å². The van der Waals surface area contributed by atoms with Crippen molar-refractivity contribution in [3.8, 4) is 0 Å². The van der Waals surface area contributed by atoms with Gasteiger partial charge in [-0.05, 0) is 52.9 Å². The van der Waals surface area contributed by atoms with Crippen molar-refractivity contribution in [1.82, 2.24) is 10.6 Å². The summed E-state index contributed by atoms with van der Waals surface area (Å²) >= 11 is 1.79.